The third-order valence-electron chi connectivity index (χ3n) is 6.00. The van der Waals surface area contributed by atoms with E-state index in [0.717, 1.165) is 19.4 Å². The molecule has 0 aromatic rings. The van der Waals surface area contributed by atoms with Crippen LogP contribution in [0.15, 0.2) is 11.6 Å². The summed E-state index contributed by atoms with van der Waals surface area (Å²) in [6.07, 6.45) is 3.38. The lowest BCUT2D eigenvalue weighted by atomic mass is 9.84. The molecule has 1 aliphatic rings. The topological polar surface area (TPSA) is 90.0 Å². The number of nitrogens with zero attached hydrogens (tertiary/aromatic N) is 2. The number of carboxylic acid groups (broad SMARTS) is 1. The molecule has 1 aliphatic heterocycles. The molecule has 2 amide bonds. The van der Waals surface area contributed by atoms with Gasteiger partial charge in [0.05, 0.1) is 12.1 Å². The predicted octanol–water partition coefficient (Wildman–Crippen LogP) is 2.76. The maximum Gasteiger partial charge on any atom is 0.331 e. The van der Waals surface area contributed by atoms with Crippen molar-refractivity contribution in [3.05, 3.63) is 11.6 Å². The number of carbonyl (C=O) groups excluding carboxylic acids is 2. The average Bonchev–Trinajstić information content (AvgIpc) is 2.61. The van der Waals surface area contributed by atoms with E-state index in [1.807, 2.05) is 41.7 Å². The Labute approximate surface area is 181 Å². The van der Waals surface area contributed by atoms with Crippen molar-refractivity contribution in [3.63, 3.8) is 0 Å². The van der Waals surface area contributed by atoms with Gasteiger partial charge in [0.15, 0.2) is 0 Å². The number of rotatable bonds is 7. The Morgan fingerprint density at radius 1 is 1.20 bits per heavy atom. The molecule has 2 N–H and O–H groups in total. The number of piperidine rings is 1. The van der Waals surface area contributed by atoms with Crippen molar-refractivity contribution in [2.24, 2.45) is 17.3 Å². The molecule has 7 nitrogen and oxygen atoms in total. The molecule has 0 aromatic carbocycles. The third kappa shape index (κ3) is 6.83. The van der Waals surface area contributed by atoms with Gasteiger partial charge in [-0.1, -0.05) is 47.6 Å². The van der Waals surface area contributed by atoms with Gasteiger partial charge >= 0.3 is 5.97 Å². The first-order valence-electron chi connectivity index (χ1n) is 10.9. The summed E-state index contributed by atoms with van der Waals surface area (Å²) in [6.45, 7) is 14.3. The number of aliphatic carboxylic acids is 1. The second-order valence-corrected chi connectivity index (χ2v) is 10.3. The minimum absolute atomic E-state index is 0.0236. The second-order valence-electron chi connectivity index (χ2n) is 10.3. The summed E-state index contributed by atoms with van der Waals surface area (Å²) < 4.78 is 0. The van der Waals surface area contributed by atoms with Crippen LogP contribution in [0.5, 0.6) is 0 Å². The number of nitrogens with one attached hydrogen (secondary N) is 1. The summed E-state index contributed by atoms with van der Waals surface area (Å²) >= 11 is 0. The van der Waals surface area contributed by atoms with Gasteiger partial charge in [-0.2, -0.15) is 0 Å². The number of likely N-dealkylation sites (tertiary alicyclic amines) is 1. The van der Waals surface area contributed by atoms with E-state index in [-0.39, 0.29) is 35.4 Å². The van der Waals surface area contributed by atoms with Crippen LogP contribution in [-0.2, 0) is 14.4 Å². The van der Waals surface area contributed by atoms with Crippen LogP contribution in [0.3, 0.4) is 0 Å². The molecular formula is C23H41N3O4. The molecule has 0 aliphatic carbocycles. The molecule has 30 heavy (non-hydrogen) atoms. The smallest absolute Gasteiger partial charge is 0.331 e. The van der Waals surface area contributed by atoms with Crippen LogP contribution in [0.4, 0.5) is 0 Å². The fourth-order valence-corrected chi connectivity index (χ4v) is 4.02. The molecule has 1 fully saturated rings. The Morgan fingerprint density at radius 2 is 1.77 bits per heavy atom. The van der Waals surface area contributed by atoms with E-state index in [4.69, 9.17) is 0 Å². The van der Waals surface area contributed by atoms with E-state index in [1.54, 1.807) is 18.0 Å². The fraction of sp³-hybridized carbons (Fsp3) is 0.783. The van der Waals surface area contributed by atoms with E-state index in [9.17, 15) is 19.5 Å². The molecule has 3 unspecified atom stereocenters. The summed E-state index contributed by atoms with van der Waals surface area (Å²) in [6, 6.07) is -1.32. The molecule has 1 heterocycles. The largest absolute Gasteiger partial charge is 0.478 e. The third-order valence-corrected chi connectivity index (χ3v) is 6.00. The molecule has 0 spiro atoms. The summed E-state index contributed by atoms with van der Waals surface area (Å²) in [7, 11) is 3.63. The highest BCUT2D eigenvalue weighted by molar-refractivity contribution is 5.91. The van der Waals surface area contributed by atoms with Gasteiger partial charge < -0.3 is 15.3 Å². The first-order valence-corrected chi connectivity index (χ1v) is 10.9. The summed E-state index contributed by atoms with van der Waals surface area (Å²) in [5, 5.41) is 12.3. The fourth-order valence-electron chi connectivity index (χ4n) is 4.02. The first kappa shape index (κ1) is 26.1. The van der Waals surface area contributed by atoms with Gasteiger partial charge in [-0.3, -0.25) is 14.5 Å². The van der Waals surface area contributed by atoms with Gasteiger partial charge in [0.2, 0.25) is 11.8 Å². The average molecular weight is 424 g/mol. The van der Waals surface area contributed by atoms with E-state index in [0.29, 0.717) is 5.92 Å². The minimum Gasteiger partial charge on any atom is -0.478 e. The zero-order valence-electron chi connectivity index (χ0n) is 20.2. The molecule has 1 rings (SSSR count). The minimum atomic E-state index is -1.00. The van der Waals surface area contributed by atoms with E-state index in [1.165, 1.54) is 6.92 Å². The van der Waals surface area contributed by atoms with Crippen LogP contribution in [0.1, 0.15) is 61.3 Å². The van der Waals surface area contributed by atoms with Crippen molar-refractivity contribution in [1.82, 2.24) is 15.1 Å². The Bertz CT molecular complexity index is 666. The van der Waals surface area contributed by atoms with Crippen molar-refractivity contribution in [1.29, 1.82) is 0 Å². The van der Waals surface area contributed by atoms with E-state index in [2.05, 4.69) is 17.1 Å². The maximum atomic E-state index is 13.5. The molecule has 4 atom stereocenters. The Balaban J connectivity index is 3.09. The van der Waals surface area contributed by atoms with Gasteiger partial charge in [-0.15, -0.1) is 0 Å². The normalized spacial score (nSPS) is 23.1. The van der Waals surface area contributed by atoms with Crippen molar-refractivity contribution in [2.75, 3.05) is 20.6 Å². The highest BCUT2D eigenvalue weighted by Crippen LogP contribution is 2.25. The van der Waals surface area contributed by atoms with Crippen molar-refractivity contribution in [2.45, 2.75) is 79.4 Å². The first-order chi connectivity index (χ1) is 13.7. The van der Waals surface area contributed by atoms with Gasteiger partial charge in [0.1, 0.15) is 6.04 Å². The lowest BCUT2D eigenvalue weighted by Crippen LogP contribution is -2.60. The Kier molecular flexibility index (Phi) is 9.08. The molecule has 0 saturated carbocycles. The summed E-state index contributed by atoms with van der Waals surface area (Å²) in [4.78, 5) is 41.4. The number of amides is 2. The highest BCUT2D eigenvalue weighted by Gasteiger charge is 2.39. The maximum absolute atomic E-state index is 13.5. The zero-order chi connectivity index (χ0) is 23.4. The Hall–Kier alpha value is -1.89. The van der Waals surface area contributed by atoms with Gasteiger partial charge in [-0.25, -0.2) is 4.79 Å². The van der Waals surface area contributed by atoms with E-state index < -0.39 is 17.4 Å². The lowest BCUT2D eigenvalue weighted by Gasteiger charge is -2.40. The van der Waals surface area contributed by atoms with Crippen LogP contribution in [0.25, 0.3) is 0 Å². The van der Waals surface area contributed by atoms with Crippen molar-refractivity contribution in [3.8, 4) is 0 Å². The number of likely N-dealkylation sites (N-methyl/N-ethyl adjacent to an activating group) is 2. The van der Waals surface area contributed by atoms with E-state index >= 15 is 0 Å². The highest BCUT2D eigenvalue weighted by atomic mass is 16.4. The molecule has 0 bridgehead atoms. The van der Waals surface area contributed by atoms with Crippen LogP contribution in [0, 0.1) is 17.3 Å². The standard InChI is InChI=1S/C23H41N3O4/c1-14(2)18(12-16(4)22(29)30)26(9)21(28)19(23(5,6)7)24-20(27)17-11-10-15(3)13-25(17)8/h12,14-15,17-19H,10-11,13H2,1-9H3,(H,24,27)(H,29,30)/b16-12+/t15-,17?,18?,19?/m0/s1. The number of carbonyl (C=O) groups is 3. The van der Waals surface area contributed by atoms with Crippen molar-refractivity contribution < 1.29 is 19.5 Å². The van der Waals surface area contributed by atoms with Gasteiger partial charge in [0, 0.05) is 19.2 Å². The molecule has 0 radical (unpaired) electrons. The van der Waals surface area contributed by atoms with Crippen LogP contribution in [-0.4, -0.2) is 71.5 Å². The van der Waals surface area contributed by atoms with Gasteiger partial charge in [0.25, 0.3) is 0 Å². The SMILES string of the molecule is C/C(=C\C(C(C)C)N(C)C(=O)C(NC(=O)C1CC[C@H](C)CN1C)C(C)(C)C)C(=O)O. The monoisotopic (exact) mass is 423 g/mol. The second kappa shape index (κ2) is 10.4. The van der Waals surface area contributed by atoms with Crippen LogP contribution >= 0.6 is 0 Å². The van der Waals surface area contributed by atoms with Crippen LogP contribution in [0.2, 0.25) is 0 Å². The molecule has 7 heteroatoms. The number of hydrogen-bond donors (Lipinski definition) is 2. The quantitative estimate of drug-likeness (QED) is 0.615. The number of hydrogen-bond acceptors (Lipinski definition) is 4. The number of carboxylic acids is 1. The lowest BCUT2D eigenvalue weighted by molar-refractivity contribution is -0.141. The Morgan fingerprint density at radius 3 is 2.20 bits per heavy atom. The predicted molar refractivity (Wildman–Crippen MR) is 119 cm³/mol. The summed E-state index contributed by atoms with van der Waals surface area (Å²) in [5.74, 6) is -0.756. The molecule has 1 saturated heterocycles. The van der Waals surface area contributed by atoms with Crippen LogP contribution < -0.4 is 5.32 Å². The van der Waals surface area contributed by atoms with Gasteiger partial charge in [-0.05, 0) is 44.1 Å². The molecule has 172 valence electrons. The van der Waals surface area contributed by atoms with Crippen molar-refractivity contribution >= 4 is 17.8 Å². The molecular weight excluding hydrogens is 382 g/mol. The zero-order valence-corrected chi connectivity index (χ0v) is 20.2. The summed E-state index contributed by atoms with van der Waals surface area (Å²) in [5.41, 5.74) is -0.295. The molecule has 0 aromatic heterocycles.